The van der Waals surface area contributed by atoms with Crippen molar-refractivity contribution in [2.75, 3.05) is 20.6 Å². The number of aromatic nitrogens is 3. The molecule has 9 heteroatoms. The summed E-state index contributed by atoms with van der Waals surface area (Å²) < 4.78 is 1.27. The van der Waals surface area contributed by atoms with E-state index in [0.29, 0.717) is 13.0 Å². The second-order valence-corrected chi connectivity index (χ2v) is 5.44. The molecule has 1 aromatic heterocycles. The molecule has 1 aliphatic heterocycles. The quantitative estimate of drug-likeness (QED) is 0.799. The minimum Gasteiger partial charge on any atom is -0.480 e. The summed E-state index contributed by atoms with van der Waals surface area (Å²) in [5, 5.41) is 16.7. The van der Waals surface area contributed by atoms with Crippen LogP contribution in [0.5, 0.6) is 0 Å². The maximum Gasteiger partial charge on any atom is 0.326 e. The fourth-order valence-corrected chi connectivity index (χ4v) is 2.33. The van der Waals surface area contributed by atoms with Gasteiger partial charge in [-0.1, -0.05) is 5.21 Å². The van der Waals surface area contributed by atoms with E-state index in [1.165, 1.54) is 20.7 Å². The molecule has 0 spiro atoms. The van der Waals surface area contributed by atoms with E-state index in [4.69, 9.17) is 0 Å². The number of hydrogen-bond donors (Lipinski definition) is 1. The Bertz CT molecular complexity index is 583. The van der Waals surface area contributed by atoms with Crippen molar-refractivity contribution in [2.45, 2.75) is 31.8 Å². The topological polar surface area (TPSA) is 109 Å². The summed E-state index contributed by atoms with van der Waals surface area (Å²) in [5.41, 5.74) is 0.0553. The number of hydrogen-bond acceptors (Lipinski definition) is 5. The molecule has 22 heavy (non-hydrogen) atoms. The molecule has 1 atom stereocenters. The molecule has 1 aromatic rings. The molecule has 1 fully saturated rings. The Morgan fingerprint density at radius 2 is 2.09 bits per heavy atom. The van der Waals surface area contributed by atoms with E-state index >= 15 is 0 Å². The van der Waals surface area contributed by atoms with E-state index in [0.717, 1.165) is 12.8 Å². The van der Waals surface area contributed by atoms with E-state index in [-0.39, 0.29) is 18.1 Å². The normalized spacial score (nSPS) is 18.1. The second-order valence-electron chi connectivity index (χ2n) is 5.44. The summed E-state index contributed by atoms with van der Waals surface area (Å²) in [6, 6.07) is -0.824. The molecule has 2 heterocycles. The summed E-state index contributed by atoms with van der Waals surface area (Å²) in [7, 11) is 3.24. The molecule has 0 saturated carbocycles. The minimum absolute atomic E-state index is 0.0182. The Labute approximate surface area is 127 Å². The lowest BCUT2D eigenvalue weighted by Crippen LogP contribution is -2.48. The van der Waals surface area contributed by atoms with Crippen LogP contribution in [0.3, 0.4) is 0 Å². The Balaban J connectivity index is 2.10. The third-order valence-corrected chi connectivity index (χ3v) is 3.60. The number of carboxylic acids is 1. The fourth-order valence-electron chi connectivity index (χ4n) is 2.33. The van der Waals surface area contributed by atoms with Gasteiger partial charge in [0.05, 0.1) is 6.20 Å². The lowest BCUT2D eigenvalue weighted by Gasteiger charge is -2.32. The summed E-state index contributed by atoms with van der Waals surface area (Å²) in [6.07, 6.45) is 3.36. The smallest absolute Gasteiger partial charge is 0.326 e. The van der Waals surface area contributed by atoms with Crippen molar-refractivity contribution in [1.82, 2.24) is 24.8 Å². The summed E-state index contributed by atoms with van der Waals surface area (Å²) in [4.78, 5) is 38.0. The molecule has 1 unspecified atom stereocenters. The van der Waals surface area contributed by atoms with Gasteiger partial charge in [0.15, 0.2) is 5.69 Å². The standard InChI is InChI=1S/C13H19N5O4/c1-16(2)11(19)8-17-7-9(14-15-17)12(20)18-6-4-3-5-10(18)13(21)22/h7,10H,3-6,8H2,1-2H3,(H,21,22). The van der Waals surface area contributed by atoms with E-state index in [1.54, 1.807) is 14.1 Å². The van der Waals surface area contributed by atoms with Gasteiger partial charge in [0.2, 0.25) is 5.91 Å². The fraction of sp³-hybridized carbons (Fsp3) is 0.615. The highest BCUT2D eigenvalue weighted by Gasteiger charge is 2.33. The SMILES string of the molecule is CN(C)C(=O)Cn1cc(C(=O)N2CCCCC2C(=O)O)nn1. The predicted octanol–water partition coefficient (Wildman–Crippen LogP) is -0.554. The highest BCUT2D eigenvalue weighted by Crippen LogP contribution is 2.19. The van der Waals surface area contributed by atoms with Gasteiger partial charge in [-0.3, -0.25) is 9.59 Å². The molecule has 0 aliphatic carbocycles. The molecular formula is C13H19N5O4. The number of aliphatic carboxylic acids is 1. The van der Waals surface area contributed by atoms with Crippen molar-refractivity contribution >= 4 is 17.8 Å². The van der Waals surface area contributed by atoms with Crippen LogP contribution in [0.15, 0.2) is 6.20 Å². The zero-order valence-electron chi connectivity index (χ0n) is 12.6. The molecule has 2 amide bonds. The molecule has 9 nitrogen and oxygen atoms in total. The number of nitrogens with zero attached hydrogens (tertiary/aromatic N) is 5. The zero-order valence-corrected chi connectivity index (χ0v) is 12.6. The van der Waals surface area contributed by atoms with Gasteiger partial charge >= 0.3 is 5.97 Å². The van der Waals surface area contributed by atoms with Crippen LogP contribution in [0, 0.1) is 0 Å². The molecule has 0 bridgehead atoms. The van der Waals surface area contributed by atoms with Gasteiger partial charge in [-0.25, -0.2) is 9.48 Å². The summed E-state index contributed by atoms with van der Waals surface area (Å²) >= 11 is 0. The maximum atomic E-state index is 12.4. The van der Waals surface area contributed by atoms with Crippen LogP contribution in [-0.4, -0.2) is 74.4 Å². The molecule has 1 N–H and O–H groups in total. The van der Waals surface area contributed by atoms with Crippen LogP contribution < -0.4 is 0 Å². The first kappa shape index (κ1) is 15.9. The number of likely N-dealkylation sites (tertiary alicyclic amines) is 1. The number of piperidine rings is 1. The highest BCUT2D eigenvalue weighted by molar-refractivity contribution is 5.94. The van der Waals surface area contributed by atoms with Gasteiger partial charge in [-0.2, -0.15) is 0 Å². The molecular weight excluding hydrogens is 290 g/mol. The molecule has 2 rings (SSSR count). The van der Waals surface area contributed by atoms with Crippen LogP contribution in [0.25, 0.3) is 0 Å². The van der Waals surface area contributed by atoms with Crippen molar-refractivity contribution < 1.29 is 19.5 Å². The Hall–Kier alpha value is -2.45. The summed E-state index contributed by atoms with van der Waals surface area (Å²) in [5.74, 6) is -1.65. The van der Waals surface area contributed by atoms with Crippen LogP contribution in [0.2, 0.25) is 0 Å². The van der Waals surface area contributed by atoms with Gasteiger partial charge in [-0.15, -0.1) is 5.10 Å². The van der Waals surface area contributed by atoms with E-state index in [9.17, 15) is 19.5 Å². The number of carbonyl (C=O) groups is 3. The van der Waals surface area contributed by atoms with Crippen molar-refractivity contribution in [2.24, 2.45) is 0 Å². The van der Waals surface area contributed by atoms with Gasteiger partial charge in [0.25, 0.3) is 5.91 Å². The number of carboxylic acid groups (broad SMARTS) is 1. The van der Waals surface area contributed by atoms with E-state index < -0.39 is 17.9 Å². The first-order valence-corrected chi connectivity index (χ1v) is 7.04. The molecule has 0 aromatic carbocycles. The van der Waals surface area contributed by atoms with Crippen molar-refractivity contribution in [3.63, 3.8) is 0 Å². The number of carbonyl (C=O) groups excluding carboxylic acids is 2. The van der Waals surface area contributed by atoms with Crippen LogP contribution in [0.4, 0.5) is 0 Å². The number of rotatable bonds is 4. The lowest BCUT2D eigenvalue weighted by molar-refractivity contribution is -0.143. The van der Waals surface area contributed by atoms with Gasteiger partial charge in [0.1, 0.15) is 12.6 Å². The molecule has 120 valence electrons. The average Bonchev–Trinajstić information content (AvgIpc) is 2.94. The minimum atomic E-state index is -1.01. The lowest BCUT2D eigenvalue weighted by atomic mass is 10.0. The van der Waals surface area contributed by atoms with E-state index in [2.05, 4.69) is 10.3 Å². The Morgan fingerprint density at radius 1 is 1.36 bits per heavy atom. The van der Waals surface area contributed by atoms with Crippen molar-refractivity contribution in [1.29, 1.82) is 0 Å². The second kappa shape index (κ2) is 6.54. The van der Waals surface area contributed by atoms with Crippen molar-refractivity contribution in [3.05, 3.63) is 11.9 Å². The van der Waals surface area contributed by atoms with Crippen LogP contribution in [-0.2, 0) is 16.1 Å². The Kier molecular flexibility index (Phi) is 4.74. The average molecular weight is 309 g/mol. The molecule has 0 radical (unpaired) electrons. The van der Waals surface area contributed by atoms with Crippen LogP contribution >= 0.6 is 0 Å². The third kappa shape index (κ3) is 3.41. The first-order valence-electron chi connectivity index (χ1n) is 7.04. The largest absolute Gasteiger partial charge is 0.480 e. The maximum absolute atomic E-state index is 12.4. The Morgan fingerprint density at radius 3 is 2.73 bits per heavy atom. The zero-order chi connectivity index (χ0) is 16.3. The monoisotopic (exact) mass is 309 g/mol. The highest BCUT2D eigenvalue weighted by atomic mass is 16.4. The van der Waals surface area contributed by atoms with Gasteiger partial charge < -0.3 is 14.9 Å². The van der Waals surface area contributed by atoms with Crippen molar-refractivity contribution in [3.8, 4) is 0 Å². The summed E-state index contributed by atoms with van der Waals surface area (Å²) in [6.45, 7) is 0.370. The molecule has 1 saturated heterocycles. The molecule has 1 aliphatic rings. The van der Waals surface area contributed by atoms with Gasteiger partial charge in [0, 0.05) is 20.6 Å². The van der Waals surface area contributed by atoms with Crippen LogP contribution in [0.1, 0.15) is 29.8 Å². The number of likely N-dealkylation sites (N-methyl/N-ethyl adjacent to an activating group) is 1. The predicted molar refractivity (Wildman–Crippen MR) is 75.0 cm³/mol. The third-order valence-electron chi connectivity index (χ3n) is 3.60. The van der Waals surface area contributed by atoms with E-state index in [1.807, 2.05) is 0 Å². The first-order chi connectivity index (χ1) is 10.4. The van der Waals surface area contributed by atoms with Gasteiger partial charge in [-0.05, 0) is 19.3 Å². The number of amides is 2.